The molecule has 2 aromatic carbocycles. The third-order valence-corrected chi connectivity index (χ3v) is 5.89. The molecule has 0 aliphatic heterocycles. The highest BCUT2D eigenvalue weighted by molar-refractivity contribution is 5.46. The van der Waals surface area contributed by atoms with Gasteiger partial charge in [-0.1, -0.05) is 74.5 Å². The van der Waals surface area contributed by atoms with Gasteiger partial charge in [0.1, 0.15) is 0 Å². The van der Waals surface area contributed by atoms with Crippen molar-refractivity contribution in [3.63, 3.8) is 0 Å². The maximum atomic E-state index is 4.83. The molecule has 150 valence electrons. The molecule has 0 fully saturated rings. The highest BCUT2D eigenvalue weighted by atomic mass is 14.7. The van der Waals surface area contributed by atoms with E-state index >= 15 is 0 Å². The van der Waals surface area contributed by atoms with E-state index in [0.717, 1.165) is 24.2 Å². The largest absolute Gasteiger partial charge is 0.261 e. The van der Waals surface area contributed by atoms with Gasteiger partial charge in [-0.25, -0.2) is 0 Å². The lowest BCUT2D eigenvalue weighted by Gasteiger charge is -2.30. The fourth-order valence-electron chi connectivity index (χ4n) is 4.46. The SMILES string of the molecule is CCc1ccccc1[C@H](c1ccccn1)[C@@H](c1ccccn1)c1ccccc1CC. The van der Waals surface area contributed by atoms with E-state index in [9.17, 15) is 0 Å². The lowest BCUT2D eigenvalue weighted by Crippen LogP contribution is -2.19. The van der Waals surface area contributed by atoms with Crippen molar-refractivity contribution in [2.45, 2.75) is 38.5 Å². The Labute approximate surface area is 179 Å². The Balaban J connectivity index is 2.01. The summed E-state index contributed by atoms with van der Waals surface area (Å²) >= 11 is 0. The first-order chi connectivity index (χ1) is 14.8. The third-order valence-electron chi connectivity index (χ3n) is 5.89. The molecule has 0 spiro atoms. The molecular weight excluding hydrogens is 364 g/mol. The quantitative estimate of drug-likeness (QED) is 0.356. The highest BCUT2D eigenvalue weighted by Gasteiger charge is 2.32. The topological polar surface area (TPSA) is 25.8 Å². The van der Waals surface area contributed by atoms with Crippen LogP contribution in [0.3, 0.4) is 0 Å². The second-order valence-electron chi connectivity index (χ2n) is 7.57. The molecule has 0 unspecified atom stereocenters. The summed E-state index contributed by atoms with van der Waals surface area (Å²) in [6, 6.07) is 30.0. The predicted molar refractivity (Wildman–Crippen MR) is 124 cm³/mol. The van der Waals surface area contributed by atoms with Gasteiger partial charge in [0.05, 0.1) is 0 Å². The zero-order chi connectivity index (χ0) is 20.8. The van der Waals surface area contributed by atoms with Crippen LogP contribution < -0.4 is 0 Å². The van der Waals surface area contributed by atoms with Gasteiger partial charge in [-0.2, -0.15) is 0 Å². The molecule has 0 aliphatic rings. The number of aromatic nitrogens is 2. The van der Waals surface area contributed by atoms with E-state index in [1.807, 2.05) is 24.5 Å². The first-order valence-electron chi connectivity index (χ1n) is 10.8. The number of hydrogen-bond acceptors (Lipinski definition) is 2. The number of pyridine rings is 2. The molecule has 0 bridgehead atoms. The van der Waals surface area contributed by atoms with E-state index in [4.69, 9.17) is 9.97 Å². The van der Waals surface area contributed by atoms with Crippen molar-refractivity contribution < 1.29 is 0 Å². The second kappa shape index (κ2) is 9.49. The average molecular weight is 393 g/mol. The third kappa shape index (κ3) is 4.04. The Kier molecular flexibility index (Phi) is 6.34. The first-order valence-corrected chi connectivity index (χ1v) is 10.8. The minimum absolute atomic E-state index is 0.0879. The van der Waals surface area contributed by atoms with Crippen LogP contribution in [0.15, 0.2) is 97.3 Å². The van der Waals surface area contributed by atoms with Crippen LogP contribution in [0.25, 0.3) is 0 Å². The standard InChI is InChI=1S/C28H28N2/c1-3-21-13-5-7-15-23(21)27(25-17-9-11-19-29-25)28(26-18-10-12-20-30-26)24-16-8-6-14-22(24)4-2/h5-20,27-28H,3-4H2,1-2H3/t27-,28-/m1/s1. The van der Waals surface area contributed by atoms with Crippen molar-refractivity contribution in [1.82, 2.24) is 9.97 Å². The van der Waals surface area contributed by atoms with E-state index in [-0.39, 0.29) is 11.8 Å². The molecule has 2 heteroatoms. The van der Waals surface area contributed by atoms with Crippen molar-refractivity contribution in [3.8, 4) is 0 Å². The Bertz CT molecular complexity index is 985. The van der Waals surface area contributed by atoms with Crippen LogP contribution in [-0.2, 0) is 12.8 Å². The maximum absolute atomic E-state index is 4.83. The molecule has 2 nitrogen and oxygen atoms in total. The fraction of sp³-hybridized carbons (Fsp3) is 0.214. The Hall–Kier alpha value is -3.26. The summed E-state index contributed by atoms with van der Waals surface area (Å²) in [4.78, 5) is 9.66. The van der Waals surface area contributed by atoms with Crippen LogP contribution in [0, 0.1) is 0 Å². The summed E-state index contributed by atoms with van der Waals surface area (Å²) in [5, 5.41) is 0. The number of aryl methyl sites for hydroxylation is 2. The molecule has 4 rings (SSSR count). The predicted octanol–water partition coefficient (Wildman–Crippen LogP) is 6.57. The van der Waals surface area contributed by atoms with Gasteiger partial charge < -0.3 is 0 Å². The minimum Gasteiger partial charge on any atom is -0.261 e. The normalized spacial score (nSPS) is 13.0. The summed E-state index contributed by atoms with van der Waals surface area (Å²) in [5.74, 6) is 0.176. The molecule has 0 radical (unpaired) electrons. The molecule has 0 saturated heterocycles. The molecule has 0 amide bonds. The number of nitrogens with zero attached hydrogens (tertiary/aromatic N) is 2. The number of rotatable bonds is 7. The molecule has 30 heavy (non-hydrogen) atoms. The maximum Gasteiger partial charge on any atom is 0.0488 e. The van der Waals surface area contributed by atoms with Gasteiger partial charge in [0.25, 0.3) is 0 Å². The minimum atomic E-state index is 0.0879. The summed E-state index contributed by atoms with van der Waals surface area (Å²) in [6.07, 6.45) is 5.78. The first kappa shape index (κ1) is 20.0. The molecule has 2 aromatic heterocycles. The van der Waals surface area contributed by atoms with Gasteiger partial charge in [-0.05, 0) is 59.4 Å². The monoisotopic (exact) mass is 392 g/mol. The van der Waals surface area contributed by atoms with Crippen molar-refractivity contribution in [3.05, 3.63) is 131 Å². The molecular formula is C28H28N2. The van der Waals surface area contributed by atoms with E-state index in [2.05, 4.69) is 86.6 Å². The lowest BCUT2D eigenvalue weighted by atomic mass is 9.74. The number of benzene rings is 2. The Morgan fingerprint density at radius 3 is 1.30 bits per heavy atom. The highest BCUT2D eigenvalue weighted by Crippen LogP contribution is 2.43. The van der Waals surface area contributed by atoms with Gasteiger partial charge in [-0.3, -0.25) is 9.97 Å². The Morgan fingerprint density at radius 1 is 0.533 bits per heavy atom. The average Bonchev–Trinajstić information content (AvgIpc) is 2.83. The van der Waals surface area contributed by atoms with E-state index in [1.165, 1.54) is 22.3 Å². The van der Waals surface area contributed by atoms with Crippen LogP contribution in [0.2, 0.25) is 0 Å². The van der Waals surface area contributed by atoms with Crippen molar-refractivity contribution in [2.75, 3.05) is 0 Å². The zero-order valence-electron chi connectivity index (χ0n) is 17.7. The van der Waals surface area contributed by atoms with Crippen LogP contribution in [0.4, 0.5) is 0 Å². The van der Waals surface area contributed by atoms with Gasteiger partial charge in [-0.15, -0.1) is 0 Å². The van der Waals surface area contributed by atoms with Gasteiger partial charge in [0.15, 0.2) is 0 Å². The molecule has 4 aromatic rings. The molecule has 0 N–H and O–H groups in total. The van der Waals surface area contributed by atoms with Gasteiger partial charge in [0.2, 0.25) is 0 Å². The van der Waals surface area contributed by atoms with Crippen LogP contribution in [0.1, 0.15) is 59.3 Å². The summed E-state index contributed by atoms with van der Waals surface area (Å²) in [5.41, 5.74) is 7.56. The van der Waals surface area contributed by atoms with Crippen molar-refractivity contribution in [2.24, 2.45) is 0 Å². The summed E-state index contributed by atoms with van der Waals surface area (Å²) < 4.78 is 0. The molecule has 0 saturated carbocycles. The fourth-order valence-corrected chi connectivity index (χ4v) is 4.46. The Morgan fingerprint density at radius 2 is 0.933 bits per heavy atom. The smallest absolute Gasteiger partial charge is 0.0488 e. The van der Waals surface area contributed by atoms with Crippen LogP contribution in [0.5, 0.6) is 0 Å². The zero-order valence-corrected chi connectivity index (χ0v) is 17.7. The second-order valence-corrected chi connectivity index (χ2v) is 7.57. The van der Waals surface area contributed by atoms with Gasteiger partial charge >= 0.3 is 0 Å². The lowest BCUT2D eigenvalue weighted by molar-refractivity contribution is 0.646. The van der Waals surface area contributed by atoms with Crippen LogP contribution >= 0.6 is 0 Å². The van der Waals surface area contributed by atoms with E-state index in [1.54, 1.807) is 0 Å². The summed E-state index contributed by atoms with van der Waals surface area (Å²) in [7, 11) is 0. The van der Waals surface area contributed by atoms with Gasteiger partial charge in [0, 0.05) is 35.6 Å². The molecule has 2 heterocycles. The molecule has 2 atom stereocenters. The number of hydrogen-bond donors (Lipinski definition) is 0. The van der Waals surface area contributed by atoms with E-state index in [0.29, 0.717) is 0 Å². The van der Waals surface area contributed by atoms with Crippen molar-refractivity contribution in [1.29, 1.82) is 0 Å². The summed E-state index contributed by atoms with van der Waals surface area (Å²) in [6.45, 7) is 4.45. The molecule has 0 aliphatic carbocycles. The van der Waals surface area contributed by atoms with E-state index < -0.39 is 0 Å². The van der Waals surface area contributed by atoms with Crippen LogP contribution in [-0.4, -0.2) is 9.97 Å². The van der Waals surface area contributed by atoms with Crippen molar-refractivity contribution >= 4 is 0 Å².